The Morgan fingerprint density at radius 2 is 2.24 bits per heavy atom. The maximum atomic E-state index is 5.24. The summed E-state index contributed by atoms with van der Waals surface area (Å²) in [6.45, 7) is 1.98. The van der Waals surface area contributed by atoms with Gasteiger partial charge in [0.05, 0.1) is 12.1 Å². The molecule has 1 aromatic carbocycles. The number of methoxy groups -OCH3 is 1. The van der Waals surface area contributed by atoms with Gasteiger partial charge in [0, 0.05) is 25.9 Å². The van der Waals surface area contributed by atoms with Crippen molar-refractivity contribution in [3.05, 3.63) is 53.5 Å². The van der Waals surface area contributed by atoms with Crippen LogP contribution in [0.1, 0.15) is 17.0 Å². The molecule has 0 fully saturated rings. The topological polar surface area (TPSA) is 52.2 Å². The van der Waals surface area contributed by atoms with E-state index >= 15 is 0 Å². The second-order valence-corrected chi connectivity index (χ2v) is 5.05. The molecule has 21 heavy (non-hydrogen) atoms. The number of para-hydroxylation sites is 1. The molecular formula is C16H19N3O2. The van der Waals surface area contributed by atoms with E-state index in [0.29, 0.717) is 13.2 Å². The molecule has 0 amide bonds. The van der Waals surface area contributed by atoms with Gasteiger partial charge in [0.2, 0.25) is 0 Å². The van der Waals surface area contributed by atoms with Gasteiger partial charge < -0.3 is 19.1 Å². The fourth-order valence-electron chi connectivity index (χ4n) is 2.62. The highest BCUT2D eigenvalue weighted by Crippen LogP contribution is 2.21. The molecule has 3 rings (SSSR count). The molecule has 5 nitrogen and oxygen atoms in total. The molecule has 1 N–H and O–H groups in total. The molecule has 0 aliphatic rings. The largest absolute Gasteiger partial charge is 0.377 e. The minimum atomic E-state index is 0.449. The Balaban J connectivity index is 1.92. The van der Waals surface area contributed by atoms with Gasteiger partial charge in [-0.3, -0.25) is 0 Å². The highest BCUT2D eigenvalue weighted by atomic mass is 16.5. The summed E-state index contributed by atoms with van der Waals surface area (Å²) in [5, 5.41) is 8.55. The van der Waals surface area contributed by atoms with E-state index in [-0.39, 0.29) is 0 Å². The SMILES string of the molecule is CNCc1cccc2ccn(Cc3cc(COC)on3)c12. The lowest BCUT2D eigenvalue weighted by atomic mass is 10.1. The molecule has 2 aromatic heterocycles. The van der Waals surface area contributed by atoms with Gasteiger partial charge >= 0.3 is 0 Å². The summed E-state index contributed by atoms with van der Waals surface area (Å²) < 4.78 is 12.5. The standard InChI is InChI=1S/C16H19N3O2/c1-17-9-13-5-3-4-12-6-7-19(16(12)13)10-14-8-15(11-20-2)21-18-14/h3-8,17H,9-11H2,1-2H3. The van der Waals surface area contributed by atoms with Crippen LogP contribution in [0.2, 0.25) is 0 Å². The number of nitrogens with one attached hydrogen (secondary N) is 1. The molecule has 0 bridgehead atoms. The van der Waals surface area contributed by atoms with E-state index in [4.69, 9.17) is 9.26 Å². The van der Waals surface area contributed by atoms with Gasteiger partial charge in [-0.15, -0.1) is 0 Å². The third kappa shape index (κ3) is 2.84. The van der Waals surface area contributed by atoms with E-state index in [2.05, 4.69) is 45.5 Å². The zero-order valence-electron chi connectivity index (χ0n) is 12.3. The first kappa shape index (κ1) is 13.9. The summed E-state index contributed by atoms with van der Waals surface area (Å²) >= 11 is 0. The zero-order chi connectivity index (χ0) is 14.7. The molecule has 0 spiro atoms. The predicted octanol–water partition coefficient (Wildman–Crippen LogP) is 2.54. The van der Waals surface area contributed by atoms with Gasteiger partial charge in [-0.25, -0.2) is 0 Å². The van der Waals surface area contributed by atoms with Crippen molar-refractivity contribution in [1.29, 1.82) is 0 Å². The molecule has 110 valence electrons. The monoisotopic (exact) mass is 285 g/mol. The van der Waals surface area contributed by atoms with Gasteiger partial charge in [0.1, 0.15) is 12.3 Å². The van der Waals surface area contributed by atoms with E-state index in [9.17, 15) is 0 Å². The summed E-state index contributed by atoms with van der Waals surface area (Å²) in [4.78, 5) is 0. The van der Waals surface area contributed by atoms with Crippen LogP contribution in [0.4, 0.5) is 0 Å². The van der Waals surface area contributed by atoms with Crippen LogP contribution in [0.5, 0.6) is 0 Å². The molecule has 0 unspecified atom stereocenters. The van der Waals surface area contributed by atoms with E-state index in [1.807, 2.05) is 13.1 Å². The zero-order valence-corrected chi connectivity index (χ0v) is 12.3. The molecule has 0 radical (unpaired) electrons. The van der Waals surface area contributed by atoms with Crippen LogP contribution in [-0.4, -0.2) is 23.9 Å². The lowest BCUT2D eigenvalue weighted by Crippen LogP contribution is -2.08. The molecule has 2 heterocycles. The van der Waals surface area contributed by atoms with Gasteiger partial charge in [0.25, 0.3) is 0 Å². The first-order chi connectivity index (χ1) is 10.3. The number of fused-ring (bicyclic) bond motifs is 1. The Kier molecular flexibility index (Phi) is 4.03. The molecule has 0 saturated heterocycles. The Morgan fingerprint density at radius 1 is 1.33 bits per heavy atom. The summed E-state index contributed by atoms with van der Waals surface area (Å²) in [6.07, 6.45) is 2.09. The number of benzene rings is 1. The van der Waals surface area contributed by atoms with E-state index in [1.54, 1.807) is 7.11 Å². The number of nitrogens with zero attached hydrogens (tertiary/aromatic N) is 2. The van der Waals surface area contributed by atoms with E-state index in [1.165, 1.54) is 16.5 Å². The van der Waals surface area contributed by atoms with Crippen molar-refractivity contribution in [3.63, 3.8) is 0 Å². The second kappa shape index (κ2) is 6.11. The normalized spacial score (nSPS) is 11.3. The van der Waals surface area contributed by atoms with Crippen molar-refractivity contribution >= 4 is 10.9 Å². The average Bonchev–Trinajstić information content (AvgIpc) is 3.09. The molecule has 3 aromatic rings. The highest BCUT2D eigenvalue weighted by Gasteiger charge is 2.09. The minimum Gasteiger partial charge on any atom is -0.377 e. The predicted molar refractivity (Wildman–Crippen MR) is 81.0 cm³/mol. The van der Waals surface area contributed by atoms with Gasteiger partial charge in [-0.1, -0.05) is 23.4 Å². The number of ether oxygens (including phenoxy) is 1. The fraction of sp³-hybridized carbons (Fsp3) is 0.312. The summed E-state index contributed by atoms with van der Waals surface area (Å²) in [5.74, 6) is 0.749. The van der Waals surface area contributed by atoms with E-state index in [0.717, 1.165) is 18.0 Å². The van der Waals surface area contributed by atoms with Crippen LogP contribution in [0.15, 0.2) is 41.1 Å². The van der Waals surface area contributed by atoms with Crippen molar-refractivity contribution in [2.75, 3.05) is 14.2 Å². The number of rotatable bonds is 6. The Labute approximate surface area is 123 Å². The van der Waals surface area contributed by atoms with Crippen molar-refractivity contribution in [2.45, 2.75) is 19.7 Å². The molecule has 0 aliphatic heterocycles. The third-order valence-electron chi connectivity index (χ3n) is 3.47. The lowest BCUT2D eigenvalue weighted by molar-refractivity contribution is 0.155. The van der Waals surface area contributed by atoms with Crippen LogP contribution in [0, 0.1) is 0 Å². The van der Waals surface area contributed by atoms with Gasteiger partial charge in [-0.2, -0.15) is 0 Å². The summed E-state index contributed by atoms with van der Waals surface area (Å²) in [7, 11) is 3.60. The average molecular weight is 285 g/mol. The first-order valence-electron chi connectivity index (χ1n) is 6.96. The first-order valence-corrected chi connectivity index (χ1v) is 6.96. The van der Waals surface area contributed by atoms with Crippen LogP contribution in [0.3, 0.4) is 0 Å². The van der Waals surface area contributed by atoms with Crippen LogP contribution < -0.4 is 5.32 Å². The van der Waals surface area contributed by atoms with Crippen molar-refractivity contribution in [1.82, 2.24) is 15.0 Å². The molecule has 5 heteroatoms. The third-order valence-corrected chi connectivity index (χ3v) is 3.47. The summed E-state index contributed by atoms with van der Waals surface area (Å²) in [6, 6.07) is 10.4. The Hall–Kier alpha value is -2.11. The molecule has 0 aliphatic carbocycles. The number of hydrogen-bond acceptors (Lipinski definition) is 4. The van der Waals surface area contributed by atoms with Crippen molar-refractivity contribution < 1.29 is 9.26 Å². The van der Waals surface area contributed by atoms with Crippen molar-refractivity contribution in [2.24, 2.45) is 0 Å². The van der Waals surface area contributed by atoms with Gasteiger partial charge in [0.15, 0.2) is 5.76 Å². The van der Waals surface area contributed by atoms with Crippen molar-refractivity contribution in [3.8, 4) is 0 Å². The molecular weight excluding hydrogens is 266 g/mol. The number of aromatic nitrogens is 2. The quantitative estimate of drug-likeness (QED) is 0.756. The molecule has 0 saturated carbocycles. The molecule has 0 atom stereocenters. The van der Waals surface area contributed by atoms with Crippen LogP contribution in [0.25, 0.3) is 10.9 Å². The summed E-state index contributed by atoms with van der Waals surface area (Å²) in [5.41, 5.74) is 3.42. The number of hydrogen-bond donors (Lipinski definition) is 1. The maximum absolute atomic E-state index is 5.24. The fourth-order valence-corrected chi connectivity index (χ4v) is 2.62. The smallest absolute Gasteiger partial charge is 0.162 e. The lowest BCUT2D eigenvalue weighted by Gasteiger charge is -2.08. The Morgan fingerprint density at radius 3 is 3.05 bits per heavy atom. The van der Waals surface area contributed by atoms with E-state index < -0.39 is 0 Å². The highest BCUT2D eigenvalue weighted by molar-refractivity contribution is 5.83. The minimum absolute atomic E-state index is 0.449. The maximum Gasteiger partial charge on any atom is 0.162 e. The van der Waals surface area contributed by atoms with Gasteiger partial charge in [-0.05, 0) is 24.1 Å². The van der Waals surface area contributed by atoms with Crippen LogP contribution >= 0.6 is 0 Å². The second-order valence-electron chi connectivity index (χ2n) is 5.05. The van der Waals surface area contributed by atoms with Crippen LogP contribution in [-0.2, 0) is 24.4 Å². The Bertz CT molecular complexity index is 730.